The quantitative estimate of drug-likeness (QED) is 0.821. The molecule has 1 saturated heterocycles. The number of nitrogens with zero attached hydrogens (tertiary/aromatic N) is 2. The average molecular weight is 306 g/mol. The second-order valence-corrected chi connectivity index (χ2v) is 7.25. The molecule has 120 valence electrons. The zero-order valence-electron chi connectivity index (χ0n) is 14.2. The van der Waals surface area contributed by atoms with Crippen LogP contribution in [0.1, 0.15) is 35.4 Å². The van der Waals surface area contributed by atoms with Crippen LogP contribution >= 0.6 is 0 Å². The lowest BCUT2D eigenvalue weighted by atomic mass is 9.92. The van der Waals surface area contributed by atoms with E-state index in [0.717, 1.165) is 6.54 Å². The first-order chi connectivity index (χ1) is 11.2. The highest BCUT2D eigenvalue weighted by atomic mass is 15.2. The number of likely N-dealkylation sites (N-methyl/N-ethyl adjacent to an activating group) is 1. The van der Waals surface area contributed by atoms with Gasteiger partial charge in [-0.3, -0.25) is 0 Å². The second-order valence-electron chi connectivity index (χ2n) is 7.25. The lowest BCUT2D eigenvalue weighted by molar-refractivity contribution is 0.330. The molecule has 23 heavy (non-hydrogen) atoms. The first-order valence-electron chi connectivity index (χ1n) is 8.82. The number of aryl methyl sites for hydroxylation is 1. The monoisotopic (exact) mass is 306 g/mol. The summed E-state index contributed by atoms with van der Waals surface area (Å²) in [5.41, 5.74) is 5.83. The van der Waals surface area contributed by atoms with Gasteiger partial charge in [0.2, 0.25) is 0 Å². The first kappa shape index (κ1) is 14.8. The van der Waals surface area contributed by atoms with Crippen molar-refractivity contribution in [3.05, 3.63) is 65.2 Å². The number of fused-ring (bicyclic) bond motifs is 3. The van der Waals surface area contributed by atoms with Crippen molar-refractivity contribution in [2.45, 2.75) is 38.3 Å². The standard InChI is InChI=1S/C21H26N2/c1-16-10-11-21-18(13-16)19-15-22(2)12-6-9-20(19)23(21)14-17-7-4-3-5-8-17/h3-5,7-8,10-11,13,19-20H,6,9,12,14-15H2,1-2H3/t19-,20+/m0/s1. The third-order valence-corrected chi connectivity index (χ3v) is 5.50. The molecule has 4 rings (SSSR count). The minimum Gasteiger partial charge on any atom is -0.363 e. The van der Waals surface area contributed by atoms with Crippen molar-refractivity contribution >= 4 is 5.69 Å². The Labute approximate surface area is 139 Å². The average Bonchev–Trinajstić information content (AvgIpc) is 2.70. The summed E-state index contributed by atoms with van der Waals surface area (Å²) < 4.78 is 0. The van der Waals surface area contributed by atoms with Gasteiger partial charge in [-0.1, -0.05) is 48.0 Å². The van der Waals surface area contributed by atoms with E-state index in [4.69, 9.17) is 0 Å². The third kappa shape index (κ3) is 2.76. The van der Waals surface area contributed by atoms with Crippen LogP contribution in [0.3, 0.4) is 0 Å². The molecular formula is C21H26N2. The summed E-state index contributed by atoms with van der Waals surface area (Å²) >= 11 is 0. The number of rotatable bonds is 2. The van der Waals surface area contributed by atoms with Gasteiger partial charge in [0.15, 0.2) is 0 Å². The number of anilines is 1. The molecule has 2 heteroatoms. The molecule has 2 heterocycles. The normalized spacial score (nSPS) is 24.2. The highest BCUT2D eigenvalue weighted by Gasteiger charge is 2.39. The summed E-state index contributed by atoms with van der Waals surface area (Å²) in [7, 11) is 2.28. The van der Waals surface area contributed by atoms with Crippen LogP contribution < -0.4 is 4.90 Å². The van der Waals surface area contributed by atoms with Crippen LogP contribution in [0, 0.1) is 6.92 Å². The Hall–Kier alpha value is -1.80. The van der Waals surface area contributed by atoms with Crippen molar-refractivity contribution < 1.29 is 0 Å². The molecule has 2 nitrogen and oxygen atoms in total. The summed E-state index contributed by atoms with van der Waals surface area (Å²) in [4.78, 5) is 5.19. The van der Waals surface area contributed by atoms with E-state index in [9.17, 15) is 0 Å². The van der Waals surface area contributed by atoms with E-state index < -0.39 is 0 Å². The zero-order valence-corrected chi connectivity index (χ0v) is 14.2. The van der Waals surface area contributed by atoms with E-state index in [2.05, 4.69) is 72.3 Å². The van der Waals surface area contributed by atoms with Crippen LogP contribution in [-0.2, 0) is 6.54 Å². The molecule has 2 aliphatic heterocycles. The number of benzene rings is 2. The van der Waals surface area contributed by atoms with Crippen LogP contribution in [0.15, 0.2) is 48.5 Å². The van der Waals surface area contributed by atoms with Crippen molar-refractivity contribution in [2.75, 3.05) is 25.0 Å². The Morgan fingerprint density at radius 3 is 2.74 bits per heavy atom. The summed E-state index contributed by atoms with van der Waals surface area (Å²) in [5, 5.41) is 0. The maximum atomic E-state index is 2.67. The van der Waals surface area contributed by atoms with Crippen molar-refractivity contribution in [1.29, 1.82) is 0 Å². The Morgan fingerprint density at radius 2 is 1.91 bits per heavy atom. The highest BCUT2D eigenvalue weighted by Crippen LogP contribution is 2.45. The fraction of sp³-hybridized carbons (Fsp3) is 0.429. The minimum absolute atomic E-state index is 0.650. The number of hydrogen-bond donors (Lipinski definition) is 0. The molecule has 0 amide bonds. The summed E-state index contributed by atoms with van der Waals surface area (Å²) in [6, 6.07) is 18.6. The molecule has 0 aromatic heterocycles. The first-order valence-corrected chi connectivity index (χ1v) is 8.82. The minimum atomic E-state index is 0.650. The predicted octanol–water partition coefficient (Wildman–Crippen LogP) is 4.19. The zero-order chi connectivity index (χ0) is 15.8. The van der Waals surface area contributed by atoms with E-state index in [1.165, 1.54) is 42.7 Å². The van der Waals surface area contributed by atoms with Crippen molar-refractivity contribution in [1.82, 2.24) is 4.90 Å². The van der Waals surface area contributed by atoms with E-state index in [-0.39, 0.29) is 0 Å². The van der Waals surface area contributed by atoms with Crippen LogP contribution in [0.4, 0.5) is 5.69 Å². The molecule has 2 aliphatic rings. The molecule has 0 saturated carbocycles. The Balaban J connectivity index is 1.73. The van der Waals surface area contributed by atoms with Gasteiger partial charge in [-0.15, -0.1) is 0 Å². The van der Waals surface area contributed by atoms with Gasteiger partial charge in [-0.05, 0) is 50.6 Å². The van der Waals surface area contributed by atoms with E-state index >= 15 is 0 Å². The lowest BCUT2D eigenvalue weighted by Crippen LogP contribution is -2.35. The summed E-state index contributed by atoms with van der Waals surface area (Å²) in [5.74, 6) is 0.654. The van der Waals surface area contributed by atoms with Crippen LogP contribution in [0.5, 0.6) is 0 Å². The molecule has 0 N–H and O–H groups in total. The van der Waals surface area contributed by atoms with Gasteiger partial charge in [-0.25, -0.2) is 0 Å². The van der Waals surface area contributed by atoms with Crippen molar-refractivity contribution in [3.8, 4) is 0 Å². The largest absolute Gasteiger partial charge is 0.363 e. The topological polar surface area (TPSA) is 6.48 Å². The smallest absolute Gasteiger partial charge is 0.0432 e. The number of likely N-dealkylation sites (tertiary alicyclic amines) is 1. The Bertz CT molecular complexity index is 679. The lowest BCUT2D eigenvalue weighted by Gasteiger charge is -2.30. The SMILES string of the molecule is Cc1ccc2c(c1)[C@@H]1CN(C)CCC[C@H]1N2Cc1ccccc1. The fourth-order valence-electron chi connectivity index (χ4n) is 4.39. The third-order valence-electron chi connectivity index (χ3n) is 5.50. The summed E-state index contributed by atoms with van der Waals surface area (Å²) in [6.45, 7) is 5.66. The molecule has 0 bridgehead atoms. The molecule has 2 atom stereocenters. The molecule has 1 fully saturated rings. The Morgan fingerprint density at radius 1 is 1.09 bits per heavy atom. The molecule has 2 aromatic carbocycles. The van der Waals surface area contributed by atoms with Gasteiger partial charge in [0.25, 0.3) is 0 Å². The predicted molar refractivity (Wildman–Crippen MR) is 97.1 cm³/mol. The van der Waals surface area contributed by atoms with Crippen molar-refractivity contribution in [2.24, 2.45) is 0 Å². The molecule has 2 aromatic rings. The maximum absolute atomic E-state index is 2.67. The van der Waals surface area contributed by atoms with Crippen LogP contribution in [0.25, 0.3) is 0 Å². The van der Waals surface area contributed by atoms with Crippen LogP contribution in [0.2, 0.25) is 0 Å². The van der Waals surface area contributed by atoms with Gasteiger partial charge in [0, 0.05) is 30.7 Å². The second kappa shape index (κ2) is 6.01. The molecule has 0 aliphatic carbocycles. The Kier molecular flexibility index (Phi) is 3.86. The maximum Gasteiger partial charge on any atom is 0.0432 e. The number of hydrogen-bond acceptors (Lipinski definition) is 2. The van der Waals surface area contributed by atoms with Gasteiger partial charge in [0.05, 0.1) is 0 Å². The van der Waals surface area contributed by atoms with E-state index in [0.29, 0.717) is 12.0 Å². The van der Waals surface area contributed by atoms with E-state index in [1.807, 2.05) is 0 Å². The molecular weight excluding hydrogens is 280 g/mol. The fourth-order valence-corrected chi connectivity index (χ4v) is 4.39. The van der Waals surface area contributed by atoms with Gasteiger partial charge < -0.3 is 9.80 Å². The van der Waals surface area contributed by atoms with Gasteiger partial charge in [-0.2, -0.15) is 0 Å². The summed E-state index contributed by atoms with van der Waals surface area (Å²) in [6.07, 6.45) is 2.60. The van der Waals surface area contributed by atoms with Crippen LogP contribution in [-0.4, -0.2) is 31.1 Å². The molecule has 0 spiro atoms. The molecule has 0 unspecified atom stereocenters. The van der Waals surface area contributed by atoms with Gasteiger partial charge >= 0.3 is 0 Å². The molecule has 0 radical (unpaired) electrons. The van der Waals surface area contributed by atoms with Gasteiger partial charge in [0.1, 0.15) is 0 Å². The van der Waals surface area contributed by atoms with E-state index in [1.54, 1.807) is 5.56 Å². The highest BCUT2D eigenvalue weighted by molar-refractivity contribution is 5.63. The van der Waals surface area contributed by atoms with Crippen molar-refractivity contribution in [3.63, 3.8) is 0 Å².